The molecule has 3 rings (SSSR count). The second kappa shape index (κ2) is 4.22. The van der Waals surface area contributed by atoms with Crippen molar-refractivity contribution < 1.29 is 9.84 Å². The molecule has 0 bridgehead atoms. The van der Waals surface area contributed by atoms with Crippen molar-refractivity contribution in [2.45, 2.75) is 18.6 Å². The van der Waals surface area contributed by atoms with Gasteiger partial charge in [0.15, 0.2) is 6.29 Å². The summed E-state index contributed by atoms with van der Waals surface area (Å²) in [6, 6.07) is 18.2. The molecule has 0 spiro atoms. The second-order valence-corrected chi connectivity index (χ2v) is 4.31. The molecule has 1 aliphatic rings. The molecule has 0 amide bonds. The largest absolute Gasteiger partial charge is 0.465 e. The Morgan fingerprint density at radius 2 is 1.65 bits per heavy atom. The highest BCUT2D eigenvalue weighted by Gasteiger charge is 2.27. The summed E-state index contributed by atoms with van der Waals surface area (Å²) in [7, 11) is 0. The Balaban J connectivity index is 2.07. The van der Waals surface area contributed by atoms with Crippen LogP contribution in [0.5, 0.6) is 5.75 Å². The van der Waals surface area contributed by atoms with Crippen LogP contribution < -0.4 is 4.74 Å². The van der Waals surface area contributed by atoms with E-state index in [-0.39, 0.29) is 5.92 Å². The molecule has 0 aromatic heterocycles. The molecule has 1 N–H and O–H groups in total. The monoisotopic (exact) mass is 226 g/mol. The molecule has 0 saturated heterocycles. The van der Waals surface area contributed by atoms with Crippen molar-refractivity contribution in [2.24, 2.45) is 0 Å². The van der Waals surface area contributed by atoms with E-state index in [9.17, 15) is 5.11 Å². The van der Waals surface area contributed by atoms with Crippen LogP contribution in [-0.2, 0) is 0 Å². The van der Waals surface area contributed by atoms with Crippen molar-refractivity contribution in [3.8, 4) is 5.75 Å². The lowest BCUT2D eigenvalue weighted by atomic mass is 9.86. The molecular weight excluding hydrogens is 212 g/mol. The number of hydrogen-bond acceptors (Lipinski definition) is 2. The molecule has 86 valence electrons. The summed E-state index contributed by atoms with van der Waals surface area (Å²) in [6.07, 6.45) is -0.101. The molecule has 2 aromatic rings. The molecule has 1 aliphatic heterocycles. The van der Waals surface area contributed by atoms with Gasteiger partial charge in [-0.25, -0.2) is 0 Å². The maximum absolute atomic E-state index is 9.77. The van der Waals surface area contributed by atoms with E-state index in [0.717, 1.165) is 11.3 Å². The molecule has 17 heavy (non-hydrogen) atoms. The highest BCUT2D eigenvalue weighted by molar-refractivity contribution is 5.43. The lowest BCUT2D eigenvalue weighted by Gasteiger charge is -2.29. The number of hydrogen-bond donors (Lipinski definition) is 1. The first-order valence-electron chi connectivity index (χ1n) is 5.83. The van der Waals surface area contributed by atoms with E-state index in [1.54, 1.807) is 0 Å². The lowest BCUT2D eigenvalue weighted by molar-refractivity contribution is -0.0359. The fourth-order valence-corrected chi connectivity index (χ4v) is 2.40. The highest BCUT2D eigenvalue weighted by atomic mass is 16.6. The van der Waals surface area contributed by atoms with Crippen LogP contribution in [0.15, 0.2) is 54.6 Å². The van der Waals surface area contributed by atoms with Crippen LogP contribution >= 0.6 is 0 Å². The minimum Gasteiger partial charge on any atom is -0.465 e. The number of fused-ring (bicyclic) bond motifs is 1. The summed E-state index contributed by atoms with van der Waals surface area (Å²) >= 11 is 0. The van der Waals surface area contributed by atoms with Gasteiger partial charge in [-0.05, 0) is 11.6 Å². The summed E-state index contributed by atoms with van der Waals surface area (Å²) in [4.78, 5) is 0. The van der Waals surface area contributed by atoms with Gasteiger partial charge < -0.3 is 9.84 Å². The Kier molecular flexibility index (Phi) is 2.57. The second-order valence-electron chi connectivity index (χ2n) is 4.31. The van der Waals surface area contributed by atoms with Gasteiger partial charge in [0.2, 0.25) is 0 Å². The SMILES string of the molecule is OC1CC(c2ccccc2)c2ccccc2O1. The average molecular weight is 226 g/mol. The smallest absolute Gasteiger partial charge is 0.198 e. The van der Waals surface area contributed by atoms with Gasteiger partial charge >= 0.3 is 0 Å². The number of benzene rings is 2. The van der Waals surface area contributed by atoms with Gasteiger partial charge in [0, 0.05) is 17.9 Å². The van der Waals surface area contributed by atoms with E-state index >= 15 is 0 Å². The molecule has 1 heterocycles. The Labute approximate surface area is 100 Å². The van der Waals surface area contributed by atoms with Crippen LogP contribution in [0.2, 0.25) is 0 Å². The first kappa shape index (κ1) is 10.4. The van der Waals surface area contributed by atoms with Crippen molar-refractivity contribution >= 4 is 0 Å². The summed E-state index contributed by atoms with van der Waals surface area (Å²) in [5.41, 5.74) is 2.38. The minimum absolute atomic E-state index is 0.219. The number of ether oxygens (including phenoxy) is 1. The van der Waals surface area contributed by atoms with Gasteiger partial charge in [-0.2, -0.15) is 0 Å². The van der Waals surface area contributed by atoms with Gasteiger partial charge in [0.05, 0.1) is 0 Å². The van der Waals surface area contributed by atoms with Crippen LogP contribution in [0.25, 0.3) is 0 Å². The third-order valence-electron chi connectivity index (χ3n) is 3.20. The van der Waals surface area contributed by atoms with E-state index in [4.69, 9.17) is 4.74 Å². The molecule has 2 aromatic carbocycles. The minimum atomic E-state index is -0.713. The summed E-state index contributed by atoms with van der Waals surface area (Å²) < 4.78 is 5.44. The van der Waals surface area contributed by atoms with Crippen molar-refractivity contribution in [3.63, 3.8) is 0 Å². The van der Waals surface area contributed by atoms with Crippen LogP contribution in [0.1, 0.15) is 23.5 Å². The summed E-state index contributed by atoms with van der Waals surface area (Å²) in [6.45, 7) is 0. The molecule has 2 unspecified atom stereocenters. The Hall–Kier alpha value is -1.80. The van der Waals surface area contributed by atoms with Gasteiger partial charge in [-0.1, -0.05) is 48.5 Å². The summed E-state index contributed by atoms with van der Waals surface area (Å²) in [5.74, 6) is 1.01. The van der Waals surface area contributed by atoms with Crippen LogP contribution in [0.3, 0.4) is 0 Å². The fraction of sp³-hybridized carbons (Fsp3) is 0.200. The highest BCUT2D eigenvalue weighted by Crippen LogP contribution is 2.39. The van der Waals surface area contributed by atoms with Crippen molar-refractivity contribution in [3.05, 3.63) is 65.7 Å². The molecule has 0 fully saturated rings. The van der Waals surface area contributed by atoms with E-state index in [2.05, 4.69) is 18.2 Å². The van der Waals surface area contributed by atoms with E-state index in [1.807, 2.05) is 36.4 Å². The first-order valence-corrected chi connectivity index (χ1v) is 5.83. The third kappa shape index (κ3) is 1.92. The van der Waals surface area contributed by atoms with Crippen molar-refractivity contribution in [1.82, 2.24) is 0 Å². The fourth-order valence-electron chi connectivity index (χ4n) is 2.40. The summed E-state index contributed by atoms with van der Waals surface area (Å²) in [5, 5.41) is 9.77. The zero-order valence-electron chi connectivity index (χ0n) is 9.41. The normalized spacial score (nSPS) is 22.6. The van der Waals surface area contributed by atoms with E-state index in [1.165, 1.54) is 5.56 Å². The third-order valence-corrected chi connectivity index (χ3v) is 3.20. The van der Waals surface area contributed by atoms with E-state index in [0.29, 0.717) is 6.42 Å². The molecule has 0 saturated carbocycles. The van der Waals surface area contributed by atoms with Gasteiger partial charge in [-0.3, -0.25) is 0 Å². The van der Waals surface area contributed by atoms with Crippen LogP contribution in [-0.4, -0.2) is 11.4 Å². The Morgan fingerprint density at radius 3 is 2.47 bits per heavy atom. The van der Waals surface area contributed by atoms with Gasteiger partial charge in [-0.15, -0.1) is 0 Å². The Morgan fingerprint density at radius 1 is 0.941 bits per heavy atom. The van der Waals surface area contributed by atoms with Crippen molar-refractivity contribution in [2.75, 3.05) is 0 Å². The topological polar surface area (TPSA) is 29.5 Å². The quantitative estimate of drug-likeness (QED) is 0.810. The van der Waals surface area contributed by atoms with Crippen LogP contribution in [0, 0.1) is 0 Å². The molecular formula is C15H14O2. The molecule has 2 nitrogen and oxygen atoms in total. The maximum atomic E-state index is 9.77. The number of aliphatic hydroxyl groups is 1. The average Bonchev–Trinajstić information content (AvgIpc) is 2.39. The van der Waals surface area contributed by atoms with Gasteiger partial charge in [0.1, 0.15) is 5.75 Å². The lowest BCUT2D eigenvalue weighted by Crippen LogP contribution is -2.25. The maximum Gasteiger partial charge on any atom is 0.198 e. The Bertz CT molecular complexity index is 507. The number of para-hydroxylation sites is 1. The number of aliphatic hydroxyl groups excluding tert-OH is 1. The number of rotatable bonds is 1. The molecule has 2 heteroatoms. The molecule has 0 aliphatic carbocycles. The van der Waals surface area contributed by atoms with Crippen LogP contribution in [0.4, 0.5) is 0 Å². The van der Waals surface area contributed by atoms with Crippen molar-refractivity contribution in [1.29, 1.82) is 0 Å². The van der Waals surface area contributed by atoms with E-state index < -0.39 is 6.29 Å². The zero-order valence-corrected chi connectivity index (χ0v) is 9.41. The first-order chi connectivity index (χ1) is 8.34. The molecule has 0 radical (unpaired) electrons. The molecule has 2 atom stereocenters. The predicted octanol–water partition coefficient (Wildman–Crippen LogP) is 2.92. The standard InChI is InChI=1S/C15H14O2/c16-15-10-13(11-6-2-1-3-7-11)12-8-4-5-9-14(12)17-15/h1-9,13,15-16H,10H2. The van der Waals surface area contributed by atoms with Gasteiger partial charge in [0.25, 0.3) is 0 Å². The predicted molar refractivity (Wildman–Crippen MR) is 66.0 cm³/mol. The zero-order chi connectivity index (χ0) is 11.7.